The number of fused-ring (bicyclic) bond motifs is 1. The average molecular weight is 529 g/mol. The topological polar surface area (TPSA) is 92.9 Å². The van der Waals surface area contributed by atoms with Crippen LogP contribution in [0.3, 0.4) is 0 Å². The summed E-state index contributed by atoms with van der Waals surface area (Å²) >= 11 is 24.1. The Kier molecular flexibility index (Phi) is 6.28. The molecule has 0 saturated heterocycles. The first-order valence-corrected chi connectivity index (χ1v) is 11.3. The smallest absolute Gasteiger partial charge is 0.279 e. The summed E-state index contributed by atoms with van der Waals surface area (Å²) in [4.78, 5) is 29.1. The van der Waals surface area contributed by atoms with Crippen molar-refractivity contribution in [3.63, 3.8) is 0 Å². The van der Waals surface area contributed by atoms with Crippen molar-refractivity contribution < 1.29 is 19.4 Å². The van der Waals surface area contributed by atoms with Crippen LogP contribution in [0.1, 0.15) is 10.4 Å². The van der Waals surface area contributed by atoms with Crippen molar-refractivity contribution in [1.29, 1.82) is 0 Å². The second-order valence-electron chi connectivity index (χ2n) is 6.69. The molecule has 0 bridgehead atoms. The monoisotopic (exact) mass is 527 g/mol. The van der Waals surface area contributed by atoms with Gasteiger partial charge in [-0.1, -0.05) is 57.8 Å². The lowest BCUT2D eigenvalue weighted by molar-refractivity contribution is -0.119. The number of rotatable bonds is 5. The maximum absolute atomic E-state index is 12.5. The molecule has 1 aliphatic heterocycles. The predicted octanol–water partition coefficient (Wildman–Crippen LogP) is 3.76. The summed E-state index contributed by atoms with van der Waals surface area (Å²) in [6.45, 7) is 1.44. The molecule has 2 N–H and O–H groups in total. The zero-order valence-corrected chi connectivity index (χ0v) is 20.0. The summed E-state index contributed by atoms with van der Waals surface area (Å²) in [6, 6.07) is 8.16. The molecule has 1 aliphatic rings. The third kappa shape index (κ3) is 4.26. The fourth-order valence-corrected chi connectivity index (χ4v) is 4.84. The Morgan fingerprint density at radius 3 is 2.69 bits per heavy atom. The number of aryl methyl sites for hydroxylation is 1. The molecule has 2 amide bonds. The highest BCUT2D eigenvalue weighted by Gasteiger charge is 2.26. The number of aromatic hydroxyl groups is 1. The number of thiazole rings is 1. The van der Waals surface area contributed by atoms with Crippen LogP contribution in [0.5, 0.6) is 11.6 Å². The van der Waals surface area contributed by atoms with E-state index in [4.69, 9.17) is 51.8 Å². The quantitative estimate of drug-likeness (QED) is 0.389. The van der Waals surface area contributed by atoms with E-state index < -0.39 is 18.4 Å². The number of benzene rings is 2. The summed E-state index contributed by atoms with van der Waals surface area (Å²) in [5.74, 6) is -1.34. The minimum atomic E-state index is -0.633. The number of amides is 2. The molecular formula is C20H12Cl3N3O4S2. The molecule has 0 radical (unpaired) electrons. The van der Waals surface area contributed by atoms with E-state index in [1.807, 2.05) is 13.0 Å². The highest BCUT2D eigenvalue weighted by Crippen LogP contribution is 2.34. The standard InChI is InChI=1S/C20H12Cl3N3O4S2/c1-8-2-3-13-9(4-8)16(18(28)24-13)17-19(29)26(20(31)32-17)25-15(27)7-30-14-6-11(22)10(21)5-12(14)23/h2-6,29H,7H2,1H3,(H,25,27). The van der Waals surface area contributed by atoms with Gasteiger partial charge in [-0.25, -0.2) is 4.99 Å². The van der Waals surface area contributed by atoms with Gasteiger partial charge in [0, 0.05) is 11.3 Å². The Bertz CT molecular complexity index is 1480. The van der Waals surface area contributed by atoms with Crippen LogP contribution in [0, 0.1) is 10.9 Å². The van der Waals surface area contributed by atoms with E-state index in [0.717, 1.165) is 21.6 Å². The Morgan fingerprint density at radius 1 is 1.22 bits per heavy atom. The average Bonchev–Trinajstić information content (AvgIpc) is 3.19. The summed E-state index contributed by atoms with van der Waals surface area (Å²) in [5.41, 5.74) is 3.60. The van der Waals surface area contributed by atoms with Crippen LogP contribution in [-0.4, -0.2) is 28.2 Å². The highest BCUT2D eigenvalue weighted by molar-refractivity contribution is 7.73. The van der Waals surface area contributed by atoms with Crippen molar-refractivity contribution in [2.45, 2.75) is 6.92 Å². The molecule has 2 heterocycles. The maximum atomic E-state index is 12.5. The van der Waals surface area contributed by atoms with Gasteiger partial charge in [-0.15, -0.1) is 0 Å². The molecule has 0 spiro atoms. The van der Waals surface area contributed by atoms with Crippen molar-refractivity contribution in [1.82, 2.24) is 4.68 Å². The number of hydrogen-bond donors (Lipinski definition) is 2. The fourth-order valence-electron chi connectivity index (χ4n) is 2.99. The van der Waals surface area contributed by atoms with Gasteiger partial charge in [0.15, 0.2) is 10.6 Å². The number of carbonyl (C=O) groups is 2. The van der Waals surface area contributed by atoms with Gasteiger partial charge in [0.05, 0.1) is 26.0 Å². The lowest BCUT2D eigenvalue weighted by Gasteiger charge is -2.11. The van der Waals surface area contributed by atoms with Crippen molar-refractivity contribution in [2.24, 2.45) is 4.99 Å². The zero-order chi connectivity index (χ0) is 23.2. The summed E-state index contributed by atoms with van der Waals surface area (Å²) in [5, 5.41) is 12.5. The number of hydrogen-bond acceptors (Lipinski definition) is 6. The number of halogens is 3. The van der Waals surface area contributed by atoms with Crippen LogP contribution in [0.25, 0.3) is 5.57 Å². The van der Waals surface area contributed by atoms with Crippen molar-refractivity contribution >= 4 is 75.7 Å². The molecule has 0 fully saturated rings. The van der Waals surface area contributed by atoms with Crippen LogP contribution in [0.2, 0.25) is 15.1 Å². The number of carbonyl (C=O) groups excluding carboxylic acids is 2. The third-order valence-electron chi connectivity index (χ3n) is 4.44. The minimum absolute atomic E-state index is 0.125. The molecule has 4 rings (SSSR count). The Labute approximate surface area is 205 Å². The minimum Gasteiger partial charge on any atom is -0.492 e. The van der Waals surface area contributed by atoms with Gasteiger partial charge in [-0.3, -0.25) is 15.0 Å². The van der Waals surface area contributed by atoms with E-state index >= 15 is 0 Å². The van der Waals surface area contributed by atoms with Gasteiger partial charge in [-0.05, 0) is 37.3 Å². The zero-order valence-electron chi connectivity index (χ0n) is 16.1. The van der Waals surface area contributed by atoms with E-state index in [9.17, 15) is 14.7 Å². The fraction of sp³-hybridized carbons (Fsp3) is 0.100. The molecule has 12 heteroatoms. The molecule has 7 nitrogen and oxygen atoms in total. The predicted molar refractivity (Wildman–Crippen MR) is 126 cm³/mol. The SMILES string of the molecule is Cc1ccc2c(c1)=C(c1sc(=S)n(NC(=O)COc3cc(Cl)c(Cl)cc3Cl)c1O)C(=O)N=2. The highest BCUT2D eigenvalue weighted by atomic mass is 35.5. The summed E-state index contributed by atoms with van der Waals surface area (Å²) in [6.07, 6.45) is 0. The molecule has 164 valence electrons. The van der Waals surface area contributed by atoms with Gasteiger partial charge >= 0.3 is 0 Å². The van der Waals surface area contributed by atoms with Crippen molar-refractivity contribution in [3.8, 4) is 11.6 Å². The number of aromatic nitrogens is 1. The first-order chi connectivity index (χ1) is 15.2. The Morgan fingerprint density at radius 2 is 1.94 bits per heavy atom. The van der Waals surface area contributed by atoms with Crippen LogP contribution >= 0.6 is 58.4 Å². The summed E-state index contributed by atoms with van der Waals surface area (Å²) in [7, 11) is 0. The molecule has 32 heavy (non-hydrogen) atoms. The normalized spacial score (nSPS) is 12.5. The van der Waals surface area contributed by atoms with Crippen LogP contribution in [0.15, 0.2) is 35.3 Å². The largest absolute Gasteiger partial charge is 0.492 e. The van der Waals surface area contributed by atoms with E-state index in [2.05, 4.69) is 10.4 Å². The van der Waals surface area contributed by atoms with Crippen LogP contribution in [-0.2, 0) is 9.59 Å². The molecule has 1 aromatic heterocycles. The molecule has 0 saturated carbocycles. The van der Waals surface area contributed by atoms with Gasteiger partial charge in [-0.2, -0.15) is 4.68 Å². The van der Waals surface area contributed by atoms with Gasteiger partial charge in [0.2, 0.25) is 5.88 Å². The van der Waals surface area contributed by atoms with Crippen molar-refractivity contribution in [2.75, 3.05) is 12.0 Å². The van der Waals surface area contributed by atoms with Crippen LogP contribution in [0.4, 0.5) is 0 Å². The first-order valence-electron chi connectivity index (χ1n) is 8.92. The Hall–Kier alpha value is -2.43. The Balaban J connectivity index is 1.60. The molecule has 0 unspecified atom stereocenters. The molecular weight excluding hydrogens is 517 g/mol. The second kappa shape index (κ2) is 8.84. The van der Waals surface area contributed by atoms with Gasteiger partial charge in [0.25, 0.3) is 11.8 Å². The molecule has 2 aromatic carbocycles. The molecule has 0 atom stereocenters. The van der Waals surface area contributed by atoms with Gasteiger partial charge < -0.3 is 9.84 Å². The van der Waals surface area contributed by atoms with E-state index in [1.165, 1.54) is 12.1 Å². The lowest BCUT2D eigenvalue weighted by atomic mass is 10.1. The molecule has 0 aliphatic carbocycles. The molecule has 3 aromatic rings. The number of nitrogens with zero attached hydrogens (tertiary/aromatic N) is 2. The van der Waals surface area contributed by atoms with Gasteiger partial charge in [0.1, 0.15) is 10.6 Å². The second-order valence-corrected chi connectivity index (χ2v) is 9.55. The number of nitrogens with one attached hydrogen (secondary N) is 1. The maximum Gasteiger partial charge on any atom is 0.279 e. The van der Waals surface area contributed by atoms with Crippen LogP contribution < -0.4 is 20.7 Å². The summed E-state index contributed by atoms with van der Waals surface area (Å²) < 4.78 is 6.51. The third-order valence-corrected chi connectivity index (χ3v) is 6.84. The lowest BCUT2D eigenvalue weighted by Crippen LogP contribution is -2.28. The van der Waals surface area contributed by atoms with E-state index in [1.54, 1.807) is 12.1 Å². The van der Waals surface area contributed by atoms with Crippen molar-refractivity contribution in [3.05, 3.63) is 70.4 Å². The van der Waals surface area contributed by atoms with E-state index in [-0.39, 0.29) is 41.1 Å². The number of ether oxygens (including phenoxy) is 1. The first kappa shape index (κ1) is 22.8. The van der Waals surface area contributed by atoms with E-state index in [0.29, 0.717) is 10.6 Å².